The third-order valence-electron chi connectivity index (χ3n) is 2.59. The van der Waals surface area contributed by atoms with Crippen LogP contribution in [0.4, 0.5) is 10.1 Å². The van der Waals surface area contributed by atoms with Crippen molar-refractivity contribution in [2.24, 2.45) is 0 Å². The molecule has 20 heavy (non-hydrogen) atoms. The van der Waals surface area contributed by atoms with Crippen molar-refractivity contribution >= 4 is 43.1 Å². The Kier molecular flexibility index (Phi) is 4.36. The van der Waals surface area contributed by atoms with E-state index in [0.717, 1.165) is 0 Å². The first-order valence-corrected chi connectivity index (χ1v) is 8.33. The zero-order valence-corrected chi connectivity index (χ0v) is 13.3. The average molecular weight is 379 g/mol. The fraction of sp³-hybridized carbons (Fsp3) is 0.0769. The SMILES string of the molecule is Nc1cc(Cl)ccc1S(=O)(=O)Cc1cc(F)cc(Br)c1. The number of sulfone groups is 1. The van der Waals surface area contributed by atoms with Gasteiger partial charge in [0.25, 0.3) is 0 Å². The summed E-state index contributed by atoms with van der Waals surface area (Å²) in [5.74, 6) is -0.844. The van der Waals surface area contributed by atoms with Gasteiger partial charge in [0.15, 0.2) is 9.84 Å². The fourth-order valence-electron chi connectivity index (χ4n) is 1.79. The van der Waals surface area contributed by atoms with Crippen LogP contribution in [0.25, 0.3) is 0 Å². The maximum absolute atomic E-state index is 13.3. The highest BCUT2D eigenvalue weighted by atomic mass is 79.9. The Morgan fingerprint density at radius 2 is 1.90 bits per heavy atom. The Bertz CT molecular complexity index is 745. The molecule has 106 valence electrons. The zero-order chi connectivity index (χ0) is 14.9. The minimum absolute atomic E-state index is 0.0118. The van der Waals surface area contributed by atoms with Gasteiger partial charge in [0.1, 0.15) is 5.82 Å². The van der Waals surface area contributed by atoms with Crippen LogP contribution in [0.5, 0.6) is 0 Å². The van der Waals surface area contributed by atoms with Crippen LogP contribution in [0.3, 0.4) is 0 Å². The molecule has 0 spiro atoms. The highest BCUT2D eigenvalue weighted by molar-refractivity contribution is 9.10. The number of anilines is 1. The van der Waals surface area contributed by atoms with Gasteiger partial charge >= 0.3 is 0 Å². The highest BCUT2D eigenvalue weighted by Gasteiger charge is 2.19. The van der Waals surface area contributed by atoms with Crippen LogP contribution in [0.1, 0.15) is 5.56 Å². The topological polar surface area (TPSA) is 60.2 Å². The molecule has 0 aromatic heterocycles. The van der Waals surface area contributed by atoms with Crippen molar-refractivity contribution < 1.29 is 12.8 Å². The quantitative estimate of drug-likeness (QED) is 0.827. The largest absolute Gasteiger partial charge is 0.398 e. The molecule has 0 radical (unpaired) electrons. The third-order valence-corrected chi connectivity index (χ3v) is 5.03. The molecule has 7 heteroatoms. The van der Waals surface area contributed by atoms with E-state index in [1.807, 2.05) is 0 Å². The van der Waals surface area contributed by atoms with Gasteiger partial charge in [-0.2, -0.15) is 0 Å². The van der Waals surface area contributed by atoms with Gasteiger partial charge in [-0.25, -0.2) is 12.8 Å². The molecule has 0 amide bonds. The lowest BCUT2D eigenvalue weighted by molar-refractivity contribution is 0.595. The molecule has 2 N–H and O–H groups in total. The summed E-state index contributed by atoms with van der Waals surface area (Å²) in [7, 11) is -3.67. The summed E-state index contributed by atoms with van der Waals surface area (Å²) in [4.78, 5) is -0.0118. The van der Waals surface area contributed by atoms with Crippen LogP contribution in [0.2, 0.25) is 5.02 Å². The van der Waals surface area contributed by atoms with E-state index in [2.05, 4.69) is 15.9 Å². The highest BCUT2D eigenvalue weighted by Crippen LogP contribution is 2.26. The molecule has 0 aliphatic rings. The van der Waals surface area contributed by atoms with Crippen molar-refractivity contribution in [2.75, 3.05) is 5.73 Å². The van der Waals surface area contributed by atoms with Gasteiger partial charge < -0.3 is 5.73 Å². The monoisotopic (exact) mass is 377 g/mol. The molecule has 0 fully saturated rings. The Balaban J connectivity index is 2.40. The fourth-order valence-corrected chi connectivity index (χ4v) is 3.94. The first-order valence-electron chi connectivity index (χ1n) is 5.51. The summed E-state index contributed by atoms with van der Waals surface area (Å²) >= 11 is 8.86. The summed E-state index contributed by atoms with van der Waals surface area (Å²) in [5.41, 5.74) is 6.09. The third kappa shape index (κ3) is 3.50. The Labute approximate surface area is 129 Å². The Morgan fingerprint density at radius 1 is 1.20 bits per heavy atom. The van der Waals surface area contributed by atoms with Crippen LogP contribution >= 0.6 is 27.5 Å². The maximum Gasteiger partial charge on any atom is 0.184 e. The number of halogens is 3. The molecular formula is C13H10BrClFNO2S. The van der Waals surface area contributed by atoms with E-state index in [-0.39, 0.29) is 16.3 Å². The van der Waals surface area contributed by atoms with Gasteiger partial charge in [-0.3, -0.25) is 0 Å². The van der Waals surface area contributed by atoms with E-state index in [9.17, 15) is 12.8 Å². The average Bonchev–Trinajstić information content (AvgIpc) is 2.25. The standard InChI is InChI=1S/C13H10BrClFNO2S/c14-9-3-8(4-11(16)5-9)7-20(18,19)13-2-1-10(15)6-12(13)17/h1-6H,7,17H2. The van der Waals surface area contributed by atoms with Crippen molar-refractivity contribution in [1.29, 1.82) is 0 Å². The van der Waals surface area contributed by atoms with Crippen molar-refractivity contribution in [1.82, 2.24) is 0 Å². The van der Waals surface area contributed by atoms with Crippen LogP contribution in [0, 0.1) is 5.82 Å². The predicted octanol–water partition coefficient (Wildman–Crippen LogP) is 3.80. The zero-order valence-electron chi connectivity index (χ0n) is 10.1. The smallest absolute Gasteiger partial charge is 0.184 e. The Morgan fingerprint density at radius 3 is 2.50 bits per heavy atom. The molecule has 0 saturated carbocycles. The number of nitrogens with two attached hydrogens (primary N) is 1. The van der Waals surface area contributed by atoms with Gasteiger partial charge in [0, 0.05) is 9.50 Å². The summed E-state index contributed by atoms with van der Waals surface area (Å²) in [6.07, 6.45) is 0. The lowest BCUT2D eigenvalue weighted by Gasteiger charge is -2.08. The number of benzene rings is 2. The first kappa shape index (κ1) is 15.3. The summed E-state index contributed by atoms with van der Waals surface area (Å²) in [6.45, 7) is 0. The second kappa shape index (κ2) is 5.71. The summed E-state index contributed by atoms with van der Waals surface area (Å²) in [6, 6.07) is 8.15. The predicted molar refractivity (Wildman–Crippen MR) is 80.9 cm³/mol. The van der Waals surface area contributed by atoms with E-state index in [4.69, 9.17) is 17.3 Å². The van der Waals surface area contributed by atoms with Gasteiger partial charge in [-0.15, -0.1) is 0 Å². The van der Waals surface area contributed by atoms with Crippen LogP contribution in [-0.2, 0) is 15.6 Å². The lowest BCUT2D eigenvalue weighted by Crippen LogP contribution is -2.08. The van der Waals surface area contributed by atoms with Crippen molar-refractivity contribution in [3.05, 3.63) is 57.3 Å². The molecule has 2 aromatic carbocycles. The van der Waals surface area contributed by atoms with E-state index in [1.165, 1.54) is 30.3 Å². The number of hydrogen-bond donors (Lipinski definition) is 1. The van der Waals surface area contributed by atoms with Gasteiger partial charge in [0.2, 0.25) is 0 Å². The molecule has 0 saturated heterocycles. The summed E-state index contributed by atoms with van der Waals surface area (Å²) in [5, 5.41) is 0.356. The van der Waals surface area contributed by atoms with Gasteiger partial charge in [-0.05, 0) is 42.0 Å². The van der Waals surface area contributed by atoms with E-state index in [0.29, 0.717) is 15.1 Å². The van der Waals surface area contributed by atoms with Crippen LogP contribution < -0.4 is 5.73 Å². The van der Waals surface area contributed by atoms with E-state index >= 15 is 0 Å². The molecule has 0 heterocycles. The van der Waals surface area contributed by atoms with Crippen LogP contribution in [0.15, 0.2) is 45.8 Å². The second-order valence-corrected chi connectivity index (χ2v) is 7.53. The van der Waals surface area contributed by atoms with Crippen molar-refractivity contribution in [2.45, 2.75) is 10.6 Å². The molecule has 3 nitrogen and oxygen atoms in total. The molecule has 0 aliphatic heterocycles. The maximum atomic E-state index is 13.3. The molecule has 0 atom stereocenters. The molecular weight excluding hydrogens is 369 g/mol. The number of hydrogen-bond acceptors (Lipinski definition) is 3. The second-order valence-electron chi connectivity index (χ2n) is 4.22. The van der Waals surface area contributed by atoms with Crippen LogP contribution in [-0.4, -0.2) is 8.42 Å². The molecule has 0 aliphatic carbocycles. The summed E-state index contributed by atoms with van der Waals surface area (Å²) < 4.78 is 38.3. The minimum Gasteiger partial charge on any atom is -0.398 e. The first-order chi connectivity index (χ1) is 9.28. The number of rotatable bonds is 3. The van der Waals surface area contributed by atoms with Crippen molar-refractivity contribution in [3.63, 3.8) is 0 Å². The lowest BCUT2D eigenvalue weighted by atomic mass is 10.2. The number of nitrogen functional groups attached to an aromatic ring is 1. The minimum atomic E-state index is -3.67. The molecule has 0 unspecified atom stereocenters. The van der Waals surface area contributed by atoms with E-state index in [1.54, 1.807) is 6.07 Å². The Hall–Kier alpha value is -1.11. The molecule has 2 rings (SSSR count). The molecule has 2 aromatic rings. The van der Waals surface area contributed by atoms with Crippen molar-refractivity contribution in [3.8, 4) is 0 Å². The van der Waals surface area contributed by atoms with E-state index < -0.39 is 15.7 Å². The molecule has 0 bridgehead atoms. The normalized spacial score (nSPS) is 11.6. The van der Waals surface area contributed by atoms with Gasteiger partial charge in [0.05, 0.1) is 16.3 Å². The van der Waals surface area contributed by atoms with Gasteiger partial charge in [-0.1, -0.05) is 27.5 Å².